The smallest absolute Gasteiger partial charge is 0.417 e. The molecule has 2 atom stereocenters. The van der Waals surface area contributed by atoms with Gasteiger partial charge in [-0.25, -0.2) is 15.2 Å². The van der Waals surface area contributed by atoms with Crippen molar-refractivity contribution in [2.45, 2.75) is 51.4 Å². The molecule has 0 unspecified atom stereocenters. The SMILES string of the molecule is COc1ccc([C@@H]2C[C@H](C(=O)NOCc3ccccc3)N(C(=O)OC(C)(C)C)C2=O)cc1. The molecule has 8 nitrogen and oxygen atoms in total. The highest BCUT2D eigenvalue weighted by atomic mass is 16.7. The van der Waals surface area contributed by atoms with E-state index in [-0.39, 0.29) is 13.0 Å². The second kappa shape index (κ2) is 9.82. The third kappa shape index (κ3) is 5.64. The van der Waals surface area contributed by atoms with Gasteiger partial charge >= 0.3 is 6.09 Å². The molecular weight excluding hydrogens is 412 g/mol. The standard InChI is InChI=1S/C24H28N2O6/c1-24(2,3)32-23(29)26-20(21(27)25-31-15-16-8-6-5-7-9-16)14-19(22(26)28)17-10-12-18(30-4)13-11-17/h5-13,19-20H,14-15H2,1-4H3,(H,25,27)/t19-,20+/m0/s1. The lowest BCUT2D eigenvalue weighted by Crippen LogP contribution is -2.49. The van der Waals surface area contributed by atoms with Gasteiger partial charge < -0.3 is 9.47 Å². The van der Waals surface area contributed by atoms with Crippen LogP contribution in [0.5, 0.6) is 5.75 Å². The highest BCUT2D eigenvalue weighted by molar-refractivity contribution is 6.03. The van der Waals surface area contributed by atoms with E-state index in [4.69, 9.17) is 14.3 Å². The van der Waals surface area contributed by atoms with Crippen molar-refractivity contribution >= 4 is 17.9 Å². The fraction of sp³-hybridized carbons (Fsp3) is 0.375. The van der Waals surface area contributed by atoms with Gasteiger partial charge in [0.1, 0.15) is 17.4 Å². The van der Waals surface area contributed by atoms with Crippen LogP contribution in [0.2, 0.25) is 0 Å². The Kier molecular flexibility index (Phi) is 7.15. The molecule has 1 aliphatic rings. The molecule has 0 bridgehead atoms. The van der Waals surface area contributed by atoms with Crippen LogP contribution >= 0.6 is 0 Å². The summed E-state index contributed by atoms with van der Waals surface area (Å²) in [6, 6.07) is 15.2. The number of carbonyl (C=O) groups excluding carboxylic acids is 3. The lowest BCUT2D eigenvalue weighted by molar-refractivity contribution is -0.143. The van der Waals surface area contributed by atoms with E-state index >= 15 is 0 Å². The normalized spacial score (nSPS) is 18.4. The van der Waals surface area contributed by atoms with Crippen molar-refractivity contribution < 1.29 is 28.7 Å². The van der Waals surface area contributed by atoms with Crippen molar-refractivity contribution in [1.82, 2.24) is 10.4 Å². The number of ether oxygens (including phenoxy) is 2. The molecule has 1 aliphatic heterocycles. The largest absolute Gasteiger partial charge is 0.497 e. The maximum atomic E-state index is 13.2. The first kappa shape index (κ1) is 23.3. The van der Waals surface area contributed by atoms with Crippen molar-refractivity contribution in [3.05, 3.63) is 65.7 Å². The molecule has 32 heavy (non-hydrogen) atoms. The zero-order valence-corrected chi connectivity index (χ0v) is 18.7. The predicted molar refractivity (Wildman–Crippen MR) is 117 cm³/mol. The van der Waals surface area contributed by atoms with Gasteiger partial charge in [-0.2, -0.15) is 0 Å². The second-order valence-corrected chi connectivity index (χ2v) is 8.51. The Morgan fingerprint density at radius 2 is 1.72 bits per heavy atom. The number of likely N-dealkylation sites (tertiary alicyclic amines) is 1. The topological polar surface area (TPSA) is 94.2 Å². The third-order valence-electron chi connectivity index (χ3n) is 4.97. The Hall–Kier alpha value is -3.39. The lowest BCUT2D eigenvalue weighted by Gasteiger charge is -2.26. The fourth-order valence-corrected chi connectivity index (χ4v) is 3.45. The summed E-state index contributed by atoms with van der Waals surface area (Å²) in [6.07, 6.45) is -0.744. The number of imide groups is 1. The van der Waals surface area contributed by atoms with Crippen LogP contribution in [0.1, 0.15) is 44.2 Å². The molecule has 1 heterocycles. The van der Waals surface area contributed by atoms with E-state index in [1.807, 2.05) is 30.3 Å². The average molecular weight is 440 g/mol. The van der Waals surface area contributed by atoms with Crippen LogP contribution in [0.4, 0.5) is 4.79 Å². The van der Waals surface area contributed by atoms with Crippen LogP contribution in [0.3, 0.4) is 0 Å². The number of methoxy groups -OCH3 is 1. The van der Waals surface area contributed by atoms with E-state index in [9.17, 15) is 14.4 Å². The summed E-state index contributed by atoms with van der Waals surface area (Å²) in [5.74, 6) is -1.10. The number of hydrogen-bond donors (Lipinski definition) is 1. The van der Waals surface area contributed by atoms with Crippen molar-refractivity contribution in [1.29, 1.82) is 0 Å². The number of nitrogens with zero attached hydrogens (tertiary/aromatic N) is 1. The molecule has 1 saturated heterocycles. The van der Waals surface area contributed by atoms with Gasteiger partial charge in [-0.3, -0.25) is 14.4 Å². The summed E-state index contributed by atoms with van der Waals surface area (Å²) < 4.78 is 10.6. The molecule has 3 amide bonds. The summed E-state index contributed by atoms with van der Waals surface area (Å²) in [5, 5.41) is 0. The Bertz CT molecular complexity index is 953. The molecule has 2 aromatic carbocycles. The number of hydrogen-bond acceptors (Lipinski definition) is 6. The van der Waals surface area contributed by atoms with Gasteiger partial charge in [0.15, 0.2) is 0 Å². The third-order valence-corrected chi connectivity index (χ3v) is 4.97. The van der Waals surface area contributed by atoms with Crippen molar-refractivity contribution in [2.24, 2.45) is 0 Å². The number of hydroxylamine groups is 1. The van der Waals surface area contributed by atoms with Gasteiger partial charge in [-0.05, 0) is 50.5 Å². The molecule has 0 aliphatic carbocycles. The number of carbonyl (C=O) groups is 3. The maximum absolute atomic E-state index is 13.2. The van der Waals surface area contributed by atoms with E-state index < -0.39 is 35.5 Å². The molecule has 0 saturated carbocycles. The second-order valence-electron chi connectivity index (χ2n) is 8.51. The monoisotopic (exact) mass is 440 g/mol. The van der Waals surface area contributed by atoms with Gasteiger partial charge in [0.25, 0.3) is 5.91 Å². The Morgan fingerprint density at radius 1 is 1.06 bits per heavy atom. The molecule has 1 N–H and O–H groups in total. The Morgan fingerprint density at radius 3 is 2.31 bits per heavy atom. The zero-order chi connectivity index (χ0) is 23.3. The maximum Gasteiger partial charge on any atom is 0.417 e. The summed E-state index contributed by atoms with van der Waals surface area (Å²) in [4.78, 5) is 45.1. The summed E-state index contributed by atoms with van der Waals surface area (Å²) in [6.45, 7) is 5.25. The molecule has 8 heteroatoms. The first-order chi connectivity index (χ1) is 15.2. The van der Waals surface area contributed by atoms with E-state index in [2.05, 4.69) is 5.48 Å². The quantitative estimate of drug-likeness (QED) is 0.691. The van der Waals surface area contributed by atoms with Gasteiger partial charge in [-0.15, -0.1) is 0 Å². The van der Waals surface area contributed by atoms with Crippen LogP contribution < -0.4 is 10.2 Å². The number of benzene rings is 2. The van der Waals surface area contributed by atoms with Gasteiger partial charge in [-0.1, -0.05) is 42.5 Å². The Labute approximate surface area is 187 Å². The van der Waals surface area contributed by atoms with Gasteiger partial charge in [0, 0.05) is 0 Å². The number of rotatable bonds is 6. The minimum atomic E-state index is -1.06. The van der Waals surface area contributed by atoms with Crippen molar-refractivity contribution in [2.75, 3.05) is 7.11 Å². The summed E-state index contributed by atoms with van der Waals surface area (Å²) in [5.41, 5.74) is 3.11. The molecular formula is C24H28N2O6. The molecule has 3 rings (SSSR count). The zero-order valence-electron chi connectivity index (χ0n) is 18.7. The highest BCUT2D eigenvalue weighted by Crippen LogP contribution is 2.35. The minimum absolute atomic E-state index is 0.116. The van der Waals surface area contributed by atoms with E-state index in [1.165, 1.54) is 0 Å². The van der Waals surface area contributed by atoms with E-state index in [1.54, 1.807) is 52.1 Å². The van der Waals surface area contributed by atoms with Crippen LogP contribution in [0, 0.1) is 0 Å². The number of amides is 3. The molecule has 2 aromatic rings. The molecule has 170 valence electrons. The average Bonchev–Trinajstić information content (AvgIpc) is 3.10. The minimum Gasteiger partial charge on any atom is -0.497 e. The molecule has 0 aromatic heterocycles. The van der Waals surface area contributed by atoms with Crippen LogP contribution in [0.25, 0.3) is 0 Å². The van der Waals surface area contributed by atoms with Gasteiger partial charge in [0.05, 0.1) is 19.6 Å². The van der Waals surface area contributed by atoms with Crippen molar-refractivity contribution in [3.8, 4) is 5.75 Å². The molecule has 1 fully saturated rings. The summed E-state index contributed by atoms with van der Waals surface area (Å²) in [7, 11) is 1.55. The number of nitrogens with one attached hydrogen (secondary N) is 1. The van der Waals surface area contributed by atoms with E-state index in [0.29, 0.717) is 11.3 Å². The van der Waals surface area contributed by atoms with E-state index in [0.717, 1.165) is 10.5 Å². The molecule has 0 spiro atoms. The highest BCUT2D eigenvalue weighted by Gasteiger charge is 2.48. The first-order valence-electron chi connectivity index (χ1n) is 10.3. The van der Waals surface area contributed by atoms with Crippen LogP contribution in [0.15, 0.2) is 54.6 Å². The first-order valence-corrected chi connectivity index (χ1v) is 10.3. The Balaban J connectivity index is 1.77. The molecule has 0 radical (unpaired) electrons. The predicted octanol–water partition coefficient (Wildman–Crippen LogP) is 3.56. The fourth-order valence-electron chi connectivity index (χ4n) is 3.45. The lowest BCUT2D eigenvalue weighted by atomic mass is 9.95. The van der Waals surface area contributed by atoms with Gasteiger partial charge in [0.2, 0.25) is 5.91 Å². The van der Waals surface area contributed by atoms with Crippen molar-refractivity contribution in [3.63, 3.8) is 0 Å². The summed E-state index contributed by atoms with van der Waals surface area (Å²) >= 11 is 0. The van der Waals surface area contributed by atoms with Crippen LogP contribution in [-0.4, -0.2) is 41.6 Å². The van der Waals surface area contributed by atoms with Crippen LogP contribution in [-0.2, 0) is 25.8 Å².